The first-order chi connectivity index (χ1) is 14.3. The molecule has 0 aromatic heterocycles. The maximum absolute atomic E-state index is 12.9. The first-order valence-electron chi connectivity index (χ1n) is 11.0. The number of hydrogen-bond acceptors (Lipinski definition) is 2. The van der Waals surface area contributed by atoms with Gasteiger partial charge in [0.2, 0.25) is 0 Å². The number of amides is 2. The second kappa shape index (κ2) is 10.0. The lowest BCUT2D eigenvalue weighted by molar-refractivity contribution is 0.249. The Balaban J connectivity index is 1.70. The number of carbonyl (C=O) groups excluding carboxylic acids is 1. The van der Waals surface area contributed by atoms with Crippen molar-refractivity contribution < 1.29 is 4.79 Å². The zero-order valence-electron chi connectivity index (χ0n) is 18.5. The molecule has 0 bridgehead atoms. The van der Waals surface area contributed by atoms with Crippen LogP contribution >= 0.6 is 22.6 Å². The molecule has 0 saturated heterocycles. The van der Waals surface area contributed by atoms with Gasteiger partial charge in [0, 0.05) is 21.5 Å². The van der Waals surface area contributed by atoms with Crippen LogP contribution in [-0.2, 0) is 0 Å². The summed E-state index contributed by atoms with van der Waals surface area (Å²) in [6.07, 6.45) is 4.51. The van der Waals surface area contributed by atoms with E-state index in [0.29, 0.717) is 18.4 Å². The van der Waals surface area contributed by atoms with Gasteiger partial charge < -0.3 is 16.0 Å². The summed E-state index contributed by atoms with van der Waals surface area (Å²) in [5, 5.41) is 10.1. The minimum absolute atomic E-state index is 0.0808. The second-order valence-electron chi connectivity index (χ2n) is 9.05. The largest absolute Gasteiger partial charge is 0.378 e. The van der Waals surface area contributed by atoms with Crippen LogP contribution in [-0.4, -0.2) is 18.1 Å². The van der Waals surface area contributed by atoms with Gasteiger partial charge in [-0.1, -0.05) is 58.7 Å². The van der Waals surface area contributed by atoms with Crippen molar-refractivity contribution >= 4 is 40.0 Å². The van der Waals surface area contributed by atoms with Gasteiger partial charge in [0.1, 0.15) is 0 Å². The molecule has 0 heterocycles. The number of para-hydroxylation sites is 1. The number of rotatable bonds is 7. The van der Waals surface area contributed by atoms with Crippen LogP contribution in [0.15, 0.2) is 42.5 Å². The van der Waals surface area contributed by atoms with Crippen LogP contribution < -0.4 is 16.0 Å². The molecule has 3 N–H and O–H groups in total. The quantitative estimate of drug-likeness (QED) is 0.343. The van der Waals surface area contributed by atoms with E-state index in [1.807, 2.05) is 0 Å². The third kappa shape index (κ3) is 5.68. The fraction of sp³-hybridized carbons (Fsp3) is 0.480. The molecule has 5 heteroatoms. The zero-order valence-corrected chi connectivity index (χ0v) is 20.7. The molecule has 0 unspecified atom stereocenters. The van der Waals surface area contributed by atoms with Crippen LogP contribution in [0, 0.1) is 3.57 Å². The summed E-state index contributed by atoms with van der Waals surface area (Å²) in [5.41, 5.74) is 4.37. The highest BCUT2D eigenvalue weighted by molar-refractivity contribution is 14.1. The molecular formula is C25H34IN3O. The molecule has 30 heavy (non-hydrogen) atoms. The van der Waals surface area contributed by atoms with Crippen molar-refractivity contribution in [1.29, 1.82) is 0 Å². The molecule has 0 atom stereocenters. The summed E-state index contributed by atoms with van der Waals surface area (Å²) >= 11 is 2.32. The van der Waals surface area contributed by atoms with E-state index >= 15 is 0 Å². The highest BCUT2D eigenvalue weighted by atomic mass is 127. The smallest absolute Gasteiger partial charge is 0.319 e. The van der Waals surface area contributed by atoms with Gasteiger partial charge in [0.25, 0.3) is 0 Å². The SMILES string of the molecule is CC(C)c1cccc(C(C)C)c1NC(=O)NCC1(Nc2ccc(I)cc2)CCCC1. The first-order valence-corrected chi connectivity index (χ1v) is 12.1. The van der Waals surface area contributed by atoms with E-state index in [4.69, 9.17) is 0 Å². The number of anilines is 2. The molecule has 1 saturated carbocycles. The lowest BCUT2D eigenvalue weighted by atomic mass is 9.92. The molecule has 2 aromatic rings. The molecular weight excluding hydrogens is 485 g/mol. The Kier molecular flexibility index (Phi) is 7.66. The van der Waals surface area contributed by atoms with Crippen molar-refractivity contribution in [3.05, 3.63) is 57.2 Å². The predicted octanol–water partition coefficient (Wildman–Crippen LogP) is 7.08. The topological polar surface area (TPSA) is 53.2 Å². The predicted molar refractivity (Wildman–Crippen MR) is 136 cm³/mol. The molecule has 2 amide bonds. The zero-order chi connectivity index (χ0) is 21.7. The molecule has 0 aliphatic heterocycles. The summed E-state index contributed by atoms with van der Waals surface area (Å²) in [4.78, 5) is 12.9. The molecule has 0 spiro atoms. The minimum Gasteiger partial charge on any atom is -0.378 e. The maximum atomic E-state index is 12.9. The Morgan fingerprint density at radius 1 is 0.967 bits per heavy atom. The van der Waals surface area contributed by atoms with Gasteiger partial charge in [-0.15, -0.1) is 0 Å². The van der Waals surface area contributed by atoms with E-state index in [9.17, 15) is 4.79 Å². The highest BCUT2D eigenvalue weighted by Gasteiger charge is 2.34. The normalized spacial score (nSPS) is 15.4. The highest BCUT2D eigenvalue weighted by Crippen LogP contribution is 2.34. The average molecular weight is 519 g/mol. The molecule has 2 aromatic carbocycles. The van der Waals surface area contributed by atoms with Crippen molar-refractivity contribution in [2.24, 2.45) is 0 Å². The van der Waals surface area contributed by atoms with Gasteiger partial charge in [-0.25, -0.2) is 4.79 Å². The van der Waals surface area contributed by atoms with Crippen LogP contribution in [0.1, 0.15) is 76.3 Å². The molecule has 1 aliphatic carbocycles. The number of hydrogen-bond donors (Lipinski definition) is 3. The molecule has 3 rings (SSSR count). The van der Waals surface area contributed by atoms with Crippen molar-refractivity contribution in [2.45, 2.75) is 70.8 Å². The average Bonchev–Trinajstić information content (AvgIpc) is 3.17. The monoisotopic (exact) mass is 519 g/mol. The fourth-order valence-electron chi connectivity index (χ4n) is 4.34. The van der Waals surface area contributed by atoms with E-state index in [-0.39, 0.29) is 11.6 Å². The summed E-state index contributed by atoms with van der Waals surface area (Å²) in [5.74, 6) is 0.699. The van der Waals surface area contributed by atoms with E-state index in [2.05, 4.69) is 109 Å². The van der Waals surface area contributed by atoms with Crippen LogP contribution in [0.4, 0.5) is 16.2 Å². The van der Waals surface area contributed by atoms with Gasteiger partial charge in [0.05, 0.1) is 5.54 Å². The van der Waals surface area contributed by atoms with Crippen molar-refractivity contribution in [3.63, 3.8) is 0 Å². The standard InChI is InChI=1S/C25H34IN3O/c1-17(2)21-8-7-9-22(18(3)4)23(21)28-24(30)27-16-25(14-5-6-15-25)29-20-12-10-19(26)11-13-20/h7-13,17-18,29H,5-6,14-16H2,1-4H3,(H2,27,28,30). The van der Waals surface area contributed by atoms with Crippen molar-refractivity contribution in [1.82, 2.24) is 5.32 Å². The Morgan fingerprint density at radius 2 is 1.53 bits per heavy atom. The van der Waals surface area contributed by atoms with Gasteiger partial charge in [0.15, 0.2) is 0 Å². The van der Waals surface area contributed by atoms with E-state index < -0.39 is 0 Å². The lowest BCUT2D eigenvalue weighted by Crippen LogP contribution is -2.48. The summed E-state index contributed by atoms with van der Waals surface area (Å²) < 4.78 is 1.22. The summed E-state index contributed by atoms with van der Waals surface area (Å²) in [6.45, 7) is 9.29. The molecule has 1 aliphatic rings. The maximum Gasteiger partial charge on any atom is 0.319 e. The van der Waals surface area contributed by atoms with E-state index in [1.165, 1.54) is 27.5 Å². The Hall–Kier alpha value is -1.76. The van der Waals surface area contributed by atoms with Crippen LogP contribution in [0.25, 0.3) is 0 Å². The molecule has 1 fully saturated rings. The van der Waals surface area contributed by atoms with Crippen molar-refractivity contribution in [2.75, 3.05) is 17.2 Å². The van der Waals surface area contributed by atoms with Crippen LogP contribution in [0.3, 0.4) is 0 Å². The van der Waals surface area contributed by atoms with Gasteiger partial charge >= 0.3 is 6.03 Å². The second-order valence-corrected chi connectivity index (χ2v) is 10.3. The van der Waals surface area contributed by atoms with E-state index in [1.54, 1.807) is 0 Å². The summed E-state index contributed by atoms with van der Waals surface area (Å²) in [6, 6.07) is 14.7. The Bertz CT molecular complexity index is 829. The van der Waals surface area contributed by atoms with Gasteiger partial charge in [-0.3, -0.25) is 0 Å². The summed E-state index contributed by atoms with van der Waals surface area (Å²) in [7, 11) is 0. The third-order valence-corrected chi connectivity index (χ3v) is 6.73. The third-order valence-electron chi connectivity index (χ3n) is 6.01. The van der Waals surface area contributed by atoms with Gasteiger partial charge in [-0.2, -0.15) is 0 Å². The van der Waals surface area contributed by atoms with Crippen molar-refractivity contribution in [3.8, 4) is 0 Å². The minimum atomic E-state index is -0.124. The first kappa shape index (κ1) is 22.9. The molecule has 0 radical (unpaired) electrons. The number of urea groups is 1. The molecule has 4 nitrogen and oxygen atoms in total. The Labute approximate surface area is 194 Å². The Morgan fingerprint density at radius 3 is 2.07 bits per heavy atom. The van der Waals surface area contributed by atoms with Gasteiger partial charge in [-0.05, 0) is 82.7 Å². The number of benzene rings is 2. The van der Waals surface area contributed by atoms with E-state index in [0.717, 1.165) is 24.2 Å². The fourth-order valence-corrected chi connectivity index (χ4v) is 4.70. The van der Waals surface area contributed by atoms with Crippen LogP contribution in [0.2, 0.25) is 0 Å². The van der Waals surface area contributed by atoms with Crippen LogP contribution in [0.5, 0.6) is 0 Å². The lowest BCUT2D eigenvalue weighted by Gasteiger charge is -2.32. The number of halogens is 1. The number of carbonyl (C=O) groups is 1. The number of nitrogens with one attached hydrogen (secondary N) is 3. The molecule has 162 valence electrons.